The topological polar surface area (TPSA) is 8.17 Å². The Morgan fingerprint density at radius 2 is 0.947 bits per heavy atom. The minimum absolute atomic E-state index is 0.0691. The fourth-order valence-corrected chi connectivity index (χ4v) is 8.69. The second-order valence-corrected chi connectivity index (χ2v) is 14.3. The molecule has 0 amide bonds. The third-order valence-electron chi connectivity index (χ3n) is 9.97. The first kappa shape index (κ1) is 20.1. The highest BCUT2D eigenvalue weighted by Crippen LogP contribution is 2.47. The largest absolute Gasteiger partial charge is 0.310 e. The van der Waals surface area contributed by atoms with Gasteiger partial charge in [0.15, 0.2) is 0 Å². The number of hydrogen-bond acceptors (Lipinski definition) is 2. The van der Waals surface area contributed by atoms with Crippen LogP contribution >= 0.6 is 11.3 Å². The number of para-hydroxylation sites is 3. The van der Waals surface area contributed by atoms with Crippen molar-refractivity contribution < 1.29 is 23.3 Å². The van der Waals surface area contributed by atoms with Gasteiger partial charge in [0.2, 0.25) is 0 Å². The quantitative estimate of drug-likeness (QED) is 0.157. The molecule has 0 radical (unpaired) electrons. The van der Waals surface area contributed by atoms with E-state index in [0.717, 1.165) is 53.2 Å². The lowest BCUT2D eigenvalue weighted by molar-refractivity contribution is 1.18. The zero-order valence-corrected chi connectivity index (χ0v) is 30.6. The molecule has 0 saturated heterocycles. The van der Waals surface area contributed by atoms with Crippen LogP contribution in [0.3, 0.4) is 0 Å². The highest BCUT2D eigenvalue weighted by atomic mass is 32.1. The van der Waals surface area contributed by atoms with Gasteiger partial charge in [0, 0.05) is 59.1 Å². The minimum Gasteiger partial charge on any atom is -0.310 e. The molecule has 268 valence electrons. The molecule has 57 heavy (non-hydrogen) atoms. The van der Waals surface area contributed by atoms with E-state index in [0.29, 0.717) is 16.5 Å². The first-order chi connectivity index (χ1) is 35.3. The standard InChI is InChI=1S/C54H36N2S/c1-3-15-37(16-4-1)39-27-31-41(32-28-39)55(42-33-29-40(30-34-42)38-17-5-2-6-18-38)43-35-48(54-49(36-43)47-22-10-14-26-53(47)57-54)46-21-9-13-25-52(46)56-50-23-11-7-19-44(50)45-20-8-12-24-51(45)56/h1-36H/i1D,2D,3D,4D,5D,6D,15D,16D,17D,27D,28D,29D,30D,31D,32D,33D,34D. The van der Waals surface area contributed by atoms with E-state index < -0.39 is 131 Å². The van der Waals surface area contributed by atoms with Crippen LogP contribution in [0.1, 0.15) is 23.3 Å². The van der Waals surface area contributed by atoms with Gasteiger partial charge in [0.05, 0.1) is 40.0 Å². The fraction of sp³-hybridized carbons (Fsp3) is 0. The molecule has 2 nitrogen and oxygen atoms in total. The van der Waals surface area contributed by atoms with E-state index in [-0.39, 0.29) is 11.3 Å². The number of nitrogens with zero attached hydrogens (tertiary/aromatic N) is 2. The number of aromatic nitrogens is 1. The normalized spacial score (nSPS) is 15.7. The van der Waals surface area contributed by atoms with E-state index >= 15 is 0 Å². The van der Waals surface area contributed by atoms with Crippen molar-refractivity contribution in [2.75, 3.05) is 4.90 Å². The predicted molar refractivity (Wildman–Crippen MR) is 245 cm³/mol. The second kappa shape index (κ2) is 13.8. The molecule has 0 aliphatic heterocycles. The molecule has 0 N–H and O–H groups in total. The van der Waals surface area contributed by atoms with Gasteiger partial charge in [-0.25, -0.2) is 0 Å². The Morgan fingerprint density at radius 1 is 0.404 bits per heavy atom. The SMILES string of the molecule is [2H]c1cc(-c2c([2H])c([2H])c(N(c3cc(-c4ccccc4-n4c5ccccc5c5ccccc54)c4sc5ccccc5c4c3)c3c([2H])c([2H])c(-c4c([2H])c([2H])c([2H])c([2H])c4[2H])c([2H])c3[2H])c([2H])c2[2H])c([2H])c([2H])c1[2H]. The number of rotatable bonds is 7. The molecule has 9 aromatic carbocycles. The Balaban J connectivity index is 1.28. The molecule has 0 spiro atoms. The van der Waals surface area contributed by atoms with Crippen LogP contribution in [0.2, 0.25) is 0 Å². The maximum absolute atomic E-state index is 9.74. The molecule has 0 bridgehead atoms. The monoisotopic (exact) mass is 761 g/mol. The summed E-state index contributed by atoms with van der Waals surface area (Å²) in [5.41, 5.74) is 0.938. The fourth-order valence-electron chi connectivity index (χ4n) is 7.47. The molecule has 11 aromatic rings. The van der Waals surface area contributed by atoms with Crippen molar-refractivity contribution in [3.63, 3.8) is 0 Å². The third-order valence-corrected chi connectivity index (χ3v) is 11.2. The van der Waals surface area contributed by atoms with Crippen LogP contribution in [0.4, 0.5) is 17.1 Å². The number of benzene rings is 9. The van der Waals surface area contributed by atoms with Crippen molar-refractivity contribution in [1.29, 1.82) is 0 Å². The van der Waals surface area contributed by atoms with Gasteiger partial charge in [-0.15, -0.1) is 11.3 Å². The summed E-state index contributed by atoms with van der Waals surface area (Å²) in [6.07, 6.45) is 0. The summed E-state index contributed by atoms with van der Waals surface area (Å²) in [6.45, 7) is 0. The summed E-state index contributed by atoms with van der Waals surface area (Å²) in [5, 5.41) is 3.46. The van der Waals surface area contributed by atoms with Crippen molar-refractivity contribution in [3.05, 3.63) is 218 Å². The first-order valence-corrected chi connectivity index (χ1v) is 18.9. The smallest absolute Gasteiger partial charge is 0.0645 e. The number of thiophene rings is 1. The first-order valence-electron chi connectivity index (χ1n) is 26.5. The van der Waals surface area contributed by atoms with Gasteiger partial charge in [-0.2, -0.15) is 0 Å². The zero-order chi connectivity index (χ0) is 52.5. The van der Waals surface area contributed by atoms with Gasteiger partial charge in [-0.3, -0.25) is 0 Å². The molecule has 11 rings (SSSR count). The Labute approximate surface area is 359 Å². The minimum atomic E-state index is -0.823. The van der Waals surface area contributed by atoms with Crippen molar-refractivity contribution in [1.82, 2.24) is 4.57 Å². The Kier molecular flexibility index (Phi) is 4.88. The van der Waals surface area contributed by atoms with E-state index in [2.05, 4.69) is 16.7 Å². The highest BCUT2D eigenvalue weighted by Gasteiger charge is 2.22. The summed E-state index contributed by atoms with van der Waals surface area (Å²) in [4.78, 5) is 1.12. The molecule has 0 fully saturated rings. The zero-order valence-electron chi connectivity index (χ0n) is 46.8. The summed E-state index contributed by atoms with van der Waals surface area (Å²) in [7, 11) is 0. The lowest BCUT2D eigenvalue weighted by atomic mass is 9.98. The van der Waals surface area contributed by atoms with Crippen molar-refractivity contribution in [2.45, 2.75) is 0 Å². The number of anilines is 3. The third kappa shape index (κ3) is 5.71. The van der Waals surface area contributed by atoms with Gasteiger partial charge < -0.3 is 9.47 Å². The van der Waals surface area contributed by atoms with Gasteiger partial charge >= 0.3 is 0 Å². The van der Waals surface area contributed by atoms with E-state index in [9.17, 15) is 11.0 Å². The van der Waals surface area contributed by atoms with Crippen molar-refractivity contribution in [3.8, 4) is 39.1 Å². The van der Waals surface area contributed by atoms with Crippen molar-refractivity contribution in [2.24, 2.45) is 0 Å². The van der Waals surface area contributed by atoms with Gasteiger partial charge in [0.1, 0.15) is 0 Å². The van der Waals surface area contributed by atoms with Crippen LogP contribution < -0.4 is 4.90 Å². The summed E-state index contributed by atoms with van der Waals surface area (Å²) < 4.78 is 157. The van der Waals surface area contributed by atoms with Crippen LogP contribution in [-0.4, -0.2) is 4.57 Å². The average molecular weight is 762 g/mol. The molecule has 0 saturated carbocycles. The summed E-state index contributed by atoms with van der Waals surface area (Å²) in [5.74, 6) is 0. The molecular formula is C54H36N2S. The molecule has 3 heteroatoms. The van der Waals surface area contributed by atoms with E-state index in [1.807, 2.05) is 84.9 Å². The van der Waals surface area contributed by atoms with Gasteiger partial charge in [-0.1, -0.05) is 157 Å². The lowest BCUT2D eigenvalue weighted by Gasteiger charge is -2.27. The molecule has 2 aromatic heterocycles. The highest BCUT2D eigenvalue weighted by molar-refractivity contribution is 7.26. The Bertz CT molecular complexity index is 4120. The molecule has 2 heterocycles. The molecule has 0 atom stereocenters. The summed E-state index contributed by atoms with van der Waals surface area (Å²) in [6, 6.07) is 23.5. The van der Waals surface area contributed by atoms with Gasteiger partial charge in [0.25, 0.3) is 0 Å². The van der Waals surface area contributed by atoms with Crippen LogP contribution in [0.25, 0.3) is 81.0 Å². The predicted octanol–water partition coefficient (Wildman–Crippen LogP) is 15.6. The average Bonchev–Trinajstić information content (AvgIpc) is 3.95. The molecule has 0 aliphatic carbocycles. The van der Waals surface area contributed by atoms with E-state index in [1.165, 1.54) is 11.3 Å². The van der Waals surface area contributed by atoms with Crippen LogP contribution in [-0.2, 0) is 0 Å². The maximum atomic E-state index is 9.74. The van der Waals surface area contributed by atoms with Crippen molar-refractivity contribution >= 4 is 70.4 Å². The maximum Gasteiger partial charge on any atom is 0.0645 e. The molecule has 0 unspecified atom stereocenters. The van der Waals surface area contributed by atoms with Crippen LogP contribution in [0.5, 0.6) is 0 Å². The summed E-state index contributed by atoms with van der Waals surface area (Å²) >= 11 is 1.50. The number of fused-ring (bicyclic) bond motifs is 6. The van der Waals surface area contributed by atoms with Crippen LogP contribution in [0, 0.1) is 0 Å². The Morgan fingerprint density at radius 3 is 1.65 bits per heavy atom. The van der Waals surface area contributed by atoms with E-state index in [1.54, 1.807) is 12.1 Å². The van der Waals surface area contributed by atoms with Gasteiger partial charge in [-0.05, 0) is 82.8 Å². The molecular weight excluding hydrogens is 709 g/mol. The molecule has 0 aliphatic rings. The Hall–Kier alpha value is -7.20. The number of hydrogen-bond donors (Lipinski definition) is 0. The second-order valence-electron chi connectivity index (χ2n) is 13.2. The van der Waals surface area contributed by atoms with Crippen LogP contribution in [0.15, 0.2) is 218 Å². The van der Waals surface area contributed by atoms with E-state index in [4.69, 9.17) is 12.3 Å². The lowest BCUT2D eigenvalue weighted by Crippen LogP contribution is -2.10.